The summed E-state index contributed by atoms with van der Waals surface area (Å²) in [5, 5.41) is 0. The third-order valence-corrected chi connectivity index (χ3v) is 6.82. The van der Waals surface area contributed by atoms with Crippen LogP contribution in [0.15, 0.2) is 28.7 Å². The van der Waals surface area contributed by atoms with E-state index in [0.717, 1.165) is 73.8 Å². The Morgan fingerprint density at radius 1 is 1.24 bits per heavy atom. The van der Waals surface area contributed by atoms with Gasteiger partial charge in [-0.05, 0) is 37.0 Å². The molecule has 1 saturated carbocycles. The number of methoxy groups -OCH3 is 1. The number of rotatable bonds is 4. The van der Waals surface area contributed by atoms with Crippen molar-refractivity contribution in [2.75, 3.05) is 26.9 Å². The first kappa shape index (κ1) is 18.7. The second kappa shape index (κ2) is 7.48. The molecule has 2 aliphatic heterocycles. The van der Waals surface area contributed by atoms with Crippen LogP contribution in [0, 0.1) is 0 Å². The van der Waals surface area contributed by atoms with Crippen molar-refractivity contribution in [3.8, 4) is 5.75 Å². The quantitative estimate of drug-likeness (QED) is 0.790. The number of amides is 1. The molecule has 0 N–H and O–H groups in total. The molecular formula is C23H28N2O4. The molecule has 3 heterocycles. The van der Waals surface area contributed by atoms with Gasteiger partial charge in [0, 0.05) is 19.6 Å². The molecule has 154 valence electrons. The highest BCUT2D eigenvalue weighted by molar-refractivity contribution is 5.89. The second-order valence-electron chi connectivity index (χ2n) is 8.48. The zero-order valence-electron chi connectivity index (χ0n) is 17.0. The van der Waals surface area contributed by atoms with Gasteiger partial charge in [-0.2, -0.15) is 0 Å². The van der Waals surface area contributed by atoms with Crippen LogP contribution >= 0.6 is 0 Å². The molecule has 2 fully saturated rings. The monoisotopic (exact) mass is 396 g/mol. The lowest BCUT2D eigenvalue weighted by Crippen LogP contribution is -2.47. The topological polar surface area (TPSA) is 64.8 Å². The summed E-state index contributed by atoms with van der Waals surface area (Å²) >= 11 is 0. The number of nitrogens with zero attached hydrogens (tertiary/aromatic N) is 2. The van der Waals surface area contributed by atoms with Crippen molar-refractivity contribution in [3.05, 3.63) is 47.2 Å². The number of benzene rings is 1. The third-order valence-electron chi connectivity index (χ3n) is 6.82. The fourth-order valence-electron chi connectivity index (χ4n) is 5.11. The number of oxazole rings is 1. The van der Waals surface area contributed by atoms with E-state index in [2.05, 4.69) is 12.1 Å². The molecule has 1 aromatic carbocycles. The van der Waals surface area contributed by atoms with Crippen molar-refractivity contribution in [1.29, 1.82) is 0 Å². The van der Waals surface area contributed by atoms with E-state index in [0.29, 0.717) is 19.7 Å². The first-order chi connectivity index (χ1) is 14.2. The smallest absolute Gasteiger partial charge is 0.233 e. The molecule has 29 heavy (non-hydrogen) atoms. The van der Waals surface area contributed by atoms with Gasteiger partial charge in [-0.25, -0.2) is 4.98 Å². The number of aromatic nitrogens is 1. The lowest BCUT2D eigenvalue weighted by Gasteiger charge is -2.36. The Balaban J connectivity index is 1.39. The predicted molar refractivity (Wildman–Crippen MR) is 107 cm³/mol. The summed E-state index contributed by atoms with van der Waals surface area (Å²) in [6, 6.07) is 8.05. The van der Waals surface area contributed by atoms with E-state index >= 15 is 0 Å². The highest BCUT2D eigenvalue weighted by atomic mass is 16.5. The van der Waals surface area contributed by atoms with Gasteiger partial charge in [-0.15, -0.1) is 0 Å². The van der Waals surface area contributed by atoms with Crippen molar-refractivity contribution in [1.82, 2.24) is 9.88 Å². The van der Waals surface area contributed by atoms with Crippen LogP contribution in [0.5, 0.6) is 5.75 Å². The van der Waals surface area contributed by atoms with Crippen LogP contribution in [0.1, 0.15) is 60.9 Å². The highest BCUT2D eigenvalue weighted by Gasteiger charge is 2.46. The molecule has 5 rings (SSSR count). The van der Waals surface area contributed by atoms with Crippen LogP contribution in [-0.4, -0.2) is 42.7 Å². The minimum Gasteiger partial charge on any atom is -0.497 e. The molecule has 0 spiro atoms. The number of carbonyl (C=O) groups excluding carboxylic acids is 1. The van der Waals surface area contributed by atoms with Crippen LogP contribution in [0.4, 0.5) is 0 Å². The molecule has 1 saturated heterocycles. The molecule has 3 aliphatic rings. The summed E-state index contributed by atoms with van der Waals surface area (Å²) in [5.74, 6) is 3.04. The molecule has 0 bridgehead atoms. The summed E-state index contributed by atoms with van der Waals surface area (Å²) < 4.78 is 16.8. The Morgan fingerprint density at radius 2 is 2.03 bits per heavy atom. The Labute approximate surface area is 171 Å². The summed E-state index contributed by atoms with van der Waals surface area (Å²) in [4.78, 5) is 20.5. The van der Waals surface area contributed by atoms with E-state index < -0.39 is 5.41 Å². The molecule has 1 unspecified atom stereocenters. The van der Waals surface area contributed by atoms with Gasteiger partial charge < -0.3 is 18.8 Å². The first-order valence-corrected chi connectivity index (χ1v) is 10.7. The normalized spacial score (nSPS) is 23.2. The number of hydrogen-bond donors (Lipinski definition) is 0. The fourth-order valence-corrected chi connectivity index (χ4v) is 5.11. The molecule has 1 aromatic heterocycles. The Bertz CT molecular complexity index is 877. The number of fused-ring (bicyclic) bond motifs is 1. The molecule has 6 heteroatoms. The number of carbonyl (C=O) groups is 1. The molecule has 2 aromatic rings. The van der Waals surface area contributed by atoms with Gasteiger partial charge in [0.05, 0.1) is 31.6 Å². The maximum absolute atomic E-state index is 13.8. The van der Waals surface area contributed by atoms with Crippen molar-refractivity contribution in [2.24, 2.45) is 0 Å². The van der Waals surface area contributed by atoms with Crippen LogP contribution < -0.4 is 4.74 Å². The maximum Gasteiger partial charge on any atom is 0.233 e. The molecule has 1 aliphatic carbocycles. The van der Waals surface area contributed by atoms with Gasteiger partial charge >= 0.3 is 0 Å². The Morgan fingerprint density at radius 3 is 2.72 bits per heavy atom. The average Bonchev–Trinajstić information content (AvgIpc) is 3.53. The molecule has 1 amide bonds. The van der Waals surface area contributed by atoms with Crippen LogP contribution in [-0.2, 0) is 27.9 Å². The van der Waals surface area contributed by atoms with E-state index in [4.69, 9.17) is 18.9 Å². The minimum atomic E-state index is -0.421. The second-order valence-corrected chi connectivity index (χ2v) is 8.48. The van der Waals surface area contributed by atoms with E-state index in [9.17, 15) is 4.79 Å². The predicted octanol–water partition coefficient (Wildman–Crippen LogP) is 3.58. The van der Waals surface area contributed by atoms with Crippen molar-refractivity contribution in [3.63, 3.8) is 0 Å². The summed E-state index contributed by atoms with van der Waals surface area (Å²) in [7, 11) is 1.67. The molecular weight excluding hydrogens is 368 g/mol. The summed E-state index contributed by atoms with van der Waals surface area (Å²) in [6.45, 7) is 2.69. The van der Waals surface area contributed by atoms with Crippen molar-refractivity contribution >= 4 is 5.91 Å². The van der Waals surface area contributed by atoms with E-state index in [1.54, 1.807) is 7.11 Å². The number of ether oxygens (including phenoxy) is 2. The Kier molecular flexibility index (Phi) is 4.82. The lowest BCUT2D eigenvalue weighted by atomic mass is 9.77. The standard InChI is InChI=1S/C23H28N2O4/c1-27-18-6-4-17(5-7-18)23(10-2-3-11-23)22(26)25-12-8-20-19(14-25)24-21(29-20)16-9-13-28-15-16/h4-7,16H,2-3,8-15H2,1H3. The largest absolute Gasteiger partial charge is 0.497 e. The average molecular weight is 396 g/mol. The molecule has 0 radical (unpaired) electrons. The maximum atomic E-state index is 13.8. The Hall–Kier alpha value is -2.34. The first-order valence-electron chi connectivity index (χ1n) is 10.7. The van der Waals surface area contributed by atoms with Gasteiger partial charge in [0.25, 0.3) is 0 Å². The van der Waals surface area contributed by atoms with Gasteiger partial charge in [0.15, 0.2) is 5.89 Å². The highest BCUT2D eigenvalue weighted by Crippen LogP contribution is 2.44. The lowest BCUT2D eigenvalue weighted by molar-refractivity contribution is -0.138. The third kappa shape index (κ3) is 3.23. The SMILES string of the molecule is COc1ccc(C2(C(=O)N3CCc4oc(C5CCOC5)nc4C3)CCCC2)cc1. The van der Waals surface area contributed by atoms with Crippen molar-refractivity contribution < 1.29 is 18.7 Å². The van der Waals surface area contributed by atoms with Gasteiger partial charge in [-0.1, -0.05) is 25.0 Å². The summed E-state index contributed by atoms with van der Waals surface area (Å²) in [6.07, 6.45) is 5.69. The zero-order valence-corrected chi connectivity index (χ0v) is 17.0. The van der Waals surface area contributed by atoms with Crippen LogP contribution in [0.25, 0.3) is 0 Å². The van der Waals surface area contributed by atoms with E-state index in [1.807, 2.05) is 17.0 Å². The number of hydrogen-bond acceptors (Lipinski definition) is 5. The van der Waals surface area contributed by atoms with E-state index in [-0.39, 0.29) is 11.8 Å². The van der Waals surface area contributed by atoms with Crippen LogP contribution in [0.2, 0.25) is 0 Å². The van der Waals surface area contributed by atoms with Gasteiger partial charge in [0.1, 0.15) is 17.2 Å². The fraction of sp³-hybridized carbons (Fsp3) is 0.565. The van der Waals surface area contributed by atoms with Crippen LogP contribution in [0.3, 0.4) is 0 Å². The van der Waals surface area contributed by atoms with Gasteiger partial charge in [0.2, 0.25) is 5.91 Å². The van der Waals surface area contributed by atoms with E-state index in [1.165, 1.54) is 0 Å². The van der Waals surface area contributed by atoms with Gasteiger partial charge in [-0.3, -0.25) is 4.79 Å². The molecule has 1 atom stereocenters. The zero-order chi connectivity index (χ0) is 19.8. The summed E-state index contributed by atoms with van der Waals surface area (Å²) in [5.41, 5.74) is 1.61. The minimum absolute atomic E-state index is 0.236. The molecule has 6 nitrogen and oxygen atoms in total. The van der Waals surface area contributed by atoms with Crippen molar-refractivity contribution in [2.45, 2.75) is 56.4 Å².